The largest absolute Gasteiger partial charge is 0.379 e. The maximum atomic E-state index is 13.1. The Hall–Kier alpha value is -1.65. The minimum atomic E-state index is -3.70. The minimum absolute atomic E-state index is 0.106. The van der Waals surface area contributed by atoms with Gasteiger partial charge in [-0.25, -0.2) is 8.42 Å². The lowest BCUT2D eigenvalue weighted by Crippen LogP contribution is -2.49. The summed E-state index contributed by atoms with van der Waals surface area (Å²) in [5, 5.41) is 2.36. The molecule has 0 N–H and O–H groups in total. The Bertz CT molecular complexity index is 964. The van der Waals surface area contributed by atoms with E-state index in [2.05, 4.69) is 4.90 Å². The second-order valence-corrected chi connectivity index (χ2v) is 10.1. The smallest absolute Gasteiger partial charge is 0.265 e. The number of benzene rings is 1. The van der Waals surface area contributed by atoms with Crippen LogP contribution in [0.15, 0.2) is 40.6 Å². The highest BCUT2D eigenvalue weighted by Crippen LogP contribution is 2.28. The van der Waals surface area contributed by atoms with Crippen molar-refractivity contribution in [3.8, 4) is 0 Å². The van der Waals surface area contributed by atoms with E-state index in [1.54, 1.807) is 10.3 Å². The van der Waals surface area contributed by atoms with Crippen molar-refractivity contribution in [1.29, 1.82) is 0 Å². The number of anilines is 1. The Labute approximate surface area is 179 Å². The van der Waals surface area contributed by atoms with Crippen molar-refractivity contribution >= 4 is 44.6 Å². The van der Waals surface area contributed by atoms with Crippen LogP contribution < -0.4 is 4.90 Å². The van der Waals surface area contributed by atoms with Crippen LogP contribution in [0.5, 0.6) is 0 Å². The summed E-state index contributed by atoms with van der Waals surface area (Å²) in [4.78, 5) is 17.4. The average Bonchev–Trinajstić information content (AvgIpc) is 3.25. The normalized spacial score (nSPS) is 18.8. The number of ether oxygens (including phenoxy) is 1. The summed E-state index contributed by atoms with van der Waals surface area (Å²) in [7, 11) is -3.70. The van der Waals surface area contributed by atoms with Gasteiger partial charge in [0.2, 0.25) is 10.0 Å². The number of hydrogen-bond acceptors (Lipinski definition) is 6. The molecule has 29 heavy (non-hydrogen) atoms. The molecule has 0 spiro atoms. The fourth-order valence-corrected chi connectivity index (χ4v) is 6.44. The van der Waals surface area contributed by atoms with E-state index >= 15 is 0 Å². The number of morpholine rings is 1. The fourth-order valence-electron chi connectivity index (χ4n) is 3.55. The first kappa shape index (κ1) is 20.6. The number of piperazine rings is 1. The van der Waals surface area contributed by atoms with Gasteiger partial charge in [0.05, 0.1) is 13.2 Å². The SMILES string of the molecule is O=C(c1sccc1S(=O)(=O)N1CCOCC1)N1CCN(c2ccc(Cl)cc2)CC1. The molecule has 2 saturated heterocycles. The van der Waals surface area contributed by atoms with Crippen molar-refractivity contribution in [2.24, 2.45) is 0 Å². The van der Waals surface area contributed by atoms with Crippen molar-refractivity contribution in [3.05, 3.63) is 45.6 Å². The highest BCUT2D eigenvalue weighted by atomic mass is 35.5. The van der Waals surface area contributed by atoms with Crippen molar-refractivity contribution < 1.29 is 17.9 Å². The quantitative estimate of drug-likeness (QED) is 0.708. The van der Waals surface area contributed by atoms with E-state index in [-0.39, 0.29) is 15.7 Å². The summed E-state index contributed by atoms with van der Waals surface area (Å²) in [5.41, 5.74) is 1.06. The van der Waals surface area contributed by atoms with E-state index in [0.29, 0.717) is 57.5 Å². The molecule has 4 rings (SSSR count). The van der Waals surface area contributed by atoms with Gasteiger partial charge in [0.25, 0.3) is 5.91 Å². The Morgan fingerprint density at radius 2 is 1.62 bits per heavy atom. The Kier molecular flexibility index (Phi) is 6.12. The van der Waals surface area contributed by atoms with Gasteiger partial charge < -0.3 is 14.5 Å². The predicted octanol–water partition coefficient (Wildman–Crippen LogP) is 2.38. The van der Waals surface area contributed by atoms with E-state index in [1.807, 2.05) is 24.3 Å². The van der Waals surface area contributed by atoms with Crippen LogP contribution in [0.1, 0.15) is 9.67 Å². The molecule has 2 aromatic rings. The van der Waals surface area contributed by atoms with Crippen LogP contribution in [0.25, 0.3) is 0 Å². The zero-order chi connectivity index (χ0) is 20.4. The van der Waals surface area contributed by atoms with Crippen LogP contribution in [0.3, 0.4) is 0 Å². The molecule has 3 heterocycles. The summed E-state index contributed by atoms with van der Waals surface area (Å²) >= 11 is 7.13. The Morgan fingerprint density at radius 1 is 0.966 bits per heavy atom. The van der Waals surface area contributed by atoms with Crippen LogP contribution in [0.2, 0.25) is 5.02 Å². The number of carbonyl (C=O) groups is 1. The highest BCUT2D eigenvalue weighted by Gasteiger charge is 2.33. The maximum absolute atomic E-state index is 13.1. The van der Waals surface area contributed by atoms with Crippen LogP contribution >= 0.6 is 22.9 Å². The molecular formula is C19H22ClN3O4S2. The van der Waals surface area contributed by atoms with Gasteiger partial charge in [-0.3, -0.25) is 4.79 Å². The molecule has 1 amide bonds. The summed E-state index contributed by atoms with van der Waals surface area (Å²) in [6.07, 6.45) is 0. The standard InChI is InChI=1S/C19H22ClN3O4S2/c20-15-1-3-16(4-2-15)21-6-8-22(9-7-21)19(24)18-17(5-14-28-18)29(25,26)23-10-12-27-13-11-23/h1-5,14H,6-13H2. The monoisotopic (exact) mass is 455 g/mol. The second-order valence-electron chi connectivity index (χ2n) is 6.89. The van der Waals surface area contributed by atoms with E-state index in [4.69, 9.17) is 16.3 Å². The van der Waals surface area contributed by atoms with Gasteiger partial charge in [0.1, 0.15) is 9.77 Å². The average molecular weight is 456 g/mol. The highest BCUT2D eigenvalue weighted by molar-refractivity contribution is 7.89. The third-order valence-corrected chi connectivity index (χ3v) is 8.39. The zero-order valence-corrected chi connectivity index (χ0v) is 18.2. The van der Waals surface area contributed by atoms with E-state index < -0.39 is 10.0 Å². The maximum Gasteiger partial charge on any atom is 0.265 e. The van der Waals surface area contributed by atoms with Crippen LogP contribution in [0, 0.1) is 0 Å². The first-order valence-corrected chi connectivity index (χ1v) is 12.1. The molecule has 7 nitrogen and oxygen atoms in total. The first-order chi connectivity index (χ1) is 14.0. The summed E-state index contributed by atoms with van der Waals surface area (Å²) in [5.74, 6) is -0.220. The van der Waals surface area contributed by atoms with Crippen LogP contribution in [-0.4, -0.2) is 76.0 Å². The number of sulfonamides is 1. The van der Waals surface area contributed by atoms with Crippen molar-refractivity contribution in [2.45, 2.75) is 4.90 Å². The van der Waals surface area contributed by atoms with Crippen molar-refractivity contribution in [2.75, 3.05) is 57.4 Å². The number of nitrogens with zero attached hydrogens (tertiary/aromatic N) is 3. The third kappa shape index (κ3) is 4.29. The van der Waals surface area contributed by atoms with Gasteiger partial charge in [0, 0.05) is 50.0 Å². The van der Waals surface area contributed by atoms with Crippen molar-refractivity contribution in [1.82, 2.24) is 9.21 Å². The van der Waals surface area contributed by atoms with Gasteiger partial charge >= 0.3 is 0 Å². The van der Waals surface area contributed by atoms with Gasteiger partial charge in [-0.05, 0) is 35.7 Å². The van der Waals surface area contributed by atoms with E-state index in [1.165, 1.54) is 21.7 Å². The number of hydrogen-bond donors (Lipinski definition) is 0. The number of rotatable bonds is 4. The summed E-state index contributed by atoms with van der Waals surface area (Å²) in [6.45, 7) is 3.82. The zero-order valence-electron chi connectivity index (χ0n) is 15.8. The molecule has 0 atom stereocenters. The predicted molar refractivity (Wildman–Crippen MR) is 113 cm³/mol. The molecule has 156 valence electrons. The molecule has 2 aliphatic rings. The molecule has 0 bridgehead atoms. The number of amides is 1. The molecule has 2 aliphatic heterocycles. The van der Waals surface area contributed by atoms with E-state index in [0.717, 1.165) is 5.69 Å². The lowest BCUT2D eigenvalue weighted by Gasteiger charge is -2.36. The molecule has 0 unspecified atom stereocenters. The molecule has 0 radical (unpaired) electrons. The fraction of sp³-hybridized carbons (Fsp3) is 0.421. The Morgan fingerprint density at radius 3 is 2.28 bits per heavy atom. The molecule has 2 fully saturated rings. The second kappa shape index (κ2) is 8.61. The molecule has 0 aliphatic carbocycles. The molecular weight excluding hydrogens is 434 g/mol. The summed E-state index contributed by atoms with van der Waals surface area (Å²) < 4.78 is 32.7. The number of carbonyl (C=O) groups excluding carboxylic acids is 1. The van der Waals surface area contributed by atoms with Crippen molar-refractivity contribution in [3.63, 3.8) is 0 Å². The van der Waals surface area contributed by atoms with E-state index in [9.17, 15) is 13.2 Å². The molecule has 1 aromatic carbocycles. The van der Waals surface area contributed by atoms with Gasteiger partial charge in [-0.15, -0.1) is 11.3 Å². The van der Waals surface area contributed by atoms with Crippen LogP contribution in [-0.2, 0) is 14.8 Å². The number of thiophene rings is 1. The Balaban J connectivity index is 1.46. The molecule has 0 saturated carbocycles. The number of halogens is 1. The lowest BCUT2D eigenvalue weighted by atomic mass is 10.2. The topological polar surface area (TPSA) is 70.2 Å². The molecule has 1 aromatic heterocycles. The van der Waals surface area contributed by atoms with Gasteiger partial charge in [-0.2, -0.15) is 4.31 Å². The lowest BCUT2D eigenvalue weighted by molar-refractivity contribution is 0.0724. The van der Waals surface area contributed by atoms with Gasteiger partial charge in [-0.1, -0.05) is 11.6 Å². The molecule has 10 heteroatoms. The van der Waals surface area contributed by atoms with Crippen LogP contribution in [0.4, 0.5) is 5.69 Å². The summed E-state index contributed by atoms with van der Waals surface area (Å²) in [6, 6.07) is 9.16. The minimum Gasteiger partial charge on any atom is -0.379 e. The third-order valence-electron chi connectivity index (χ3n) is 5.17. The first-order valence-electron chi connectivity index (χ1n) is 9.42. The van der Waals surface area contributed by atoms with Gasteiger partial charge in [0.15, 0.2) is 0 Å².